The highest BCUT2D eigenvalue weighted by Gasteiger charge is 2.41. The third kappa shape index (κ3) is 18.1. The van der Waals surface area contributed by atoms with Crippen LogP contribution in [0.4, 0.5) is 4.39 Å². The highest BCUT2D eigenvalue weighted by atomic mass is 32.2. The molecule has 1 aliphatic heterocycles. The summed E-state index contributed by atoms with van der Waals surface area (Å²) in [6.45, 7) is 8.94. The molecule has 0 saturated carbocycles. The summed E-state index contributed by atoms with van der Waals surface area (Å²) in [6.07, 6.45) is 5.88. The Morgan fingerprint density at radius 1 is 0.797 bits per heavy atom. The van der Waals surface area contributed by atoms with E-state index in [1.54, 1.807) is 44.2 Å². The Morgan fingerprint density at radius 2 is 1.35 bits per heavy atom. The number of benzene rings is 3. The van der Waals surface area contributed by atoms with E-state index in [1.165, 1.54) is 0 Å². The van der Waals surface area contributed by atoms with E-state index >= 15 is 0 Å². The fourth-order valence-electron chi connectivity index (χ4n) is 7.48. The third-order valence-corrected chi connectivity index (χ3v) is 12.4. The summed E-state index contributed by atoms with van der Waals surface area (Å²) in [7, 11) is -5.03. The van der Waals surface area contributed by atoms with Crippen LogP contribution in [0.5, 0.6) is 0 Å². The van der Waals surface area contributed by atoms with Crippen LogP contribution in [0.2, 0.25) is 0 Å². The number of morpholine rings is 1. The van der Waals surface area contributed by atoms with E-state index in [2.05, 4.69) is 32.5 Å². The predicted octanol–water partition coefficient (Wildman–Crippen LogP) is 2.45. The van der Waals surface area contributed by atoms with Gasteiger partial charge in [0.2, 0.25) is 23.6 Å². The summed E-state index contributed by atoms with van der Waals surface area (Å²) >= 11 is 0. The zero-order valence-corrected chi connectivity index (χ0v) is 40.6. The lowest BCUT2D eigenvalue weighted by atomic mass is 9.90. The Balaban J connectivity index is 1.55. The predicted molar refractivity (Wildman–Crippen MR) is 255 cm³/mol. The standard InChI is InChI=1S/C50H65FN6O11S/c1-7-22-52-46(60)37-19-20-38(51)43(30-37)69(65,66)68-32-50(6,64)45(59)40(27-33(2)3)54-49(63)42(29-36-16-12-9-13-17-36)56-48(62)41(28-34(4)5)55-47(61)39(21-18-35-14-10-8-11-15-35)53-44(58)31-57-23-25-67-26-24-57/h1,8-17,19-20,30,33-34,39-42,64H,18,21-29,31-32H2,2-6H3,(H,52,60)(H,53,58)(H,54,63)(H,55,61)(H,56,62)/t39-,40-,41-,42-,50?/m0/s1. The van der Waals surface area contributed by atoms with Crippen LogP contribution in [-0.2, 0) is 55.9 Å². The van der Waals surface area contributed by atoms with Crippen LogP contribution in [0.25, 0.3) is 0 Å². The molecule has 69 heavy (non-hydrogen) atoms. The summed E-state index contributed by atoms with van der Waals surface area (Å²) in [4.78, 5) is 83.5. The topological polar surface area (TPSA) is 239 Å². The van der Waals surface area contributed by atoms with Gasteiger partial charge in [0.05, 0.1) is 32.3 Å². The molecule has 4 rings (SSSR count). The van der Waals surface area contributed by atoms with Gasteiger partial charge >= 0.3 is 0 Å². The summed E-state index contributed by atoms with van der Waals surface area (Å²) in [6, 6.07) is 15.7. The molecule has 5 atom stereocenters. The van der Waals surface area contributed by atoms with Gasteiger partial charge in [-0.2, -0.15) is 8.42 Å². The van der Waals surface area contributed by atoms with Gasteiger partial charge in [-0.3, -0.25) is 37.9 Å². The minimum atomic E-state index is -5.03. The number of hydrogen-bond acceptors (Lipinski definition) is 12. The molecule has 17 nitrogen and oxygen atoms in total. The lowest BCUT2D eigenvalue weighted by Gasteiger charge is -2.30. The van der Waals surface area contributed by atoms with Crippen molar-refractivity contribution in [3.05, 3.63) is 101 Å². The molecule has 6 N–H and O–H groups in total. The van der Waals surface area contributed by atoms with Crippen LogP contribution in [0.1, 0.15) is 75.4 Å². The summed E-state index contributed by atoms with van der Waals surface area (Å²) in [5.41, 5.74) is -1.26. The zero-order valence-electron chi connectivity index (χ0n) is 39.8. The fourth-order valence-corrected chi connectivity index (χ4v) is 8.57. The zero-order chi connectivity index (χ0) is 50.7. The van der Waals surface area contributed by atoms with Gasteiger partial charge < -0.3 is 36.4 Å². The molecule has 1 unspecified atom stereocenters. The van der Waals surface area contributed by atoms with Gasteiger partial charge in [-0.15, -0.1) is 6.42 Å². The Labute approximate surface area is 404 Å². The smallest absolute Gasteiger partial charge is 0.300 e. The van der Waals surface area contributed by atoms with Gasteiger partial charge in [0.1, 0.15) is 41.0 Å². The van der Waals surface area contributed by atoms with Crippen molar-refractivity contribution >= 4 is 45.4 Å². The second-order valence-electron chi connectivity index (χ2n) is 18.1. The van der Waals surface area contributed by atoms with Crippen LogP contribution in [0.3, 0.4) is 0 Å². The monoisotopic (exact) mass is 976 g/mol. The maximum absolute atomic E-state index is 14.8. The quantitative estimate of drug-likeness (QED) is 0.0503. The molecule has 3 aromatic carbocycles. The number of aliphatic hydroxyl groups is 1. The van der Waals surface area contributed by atoms with Crippen LogP contribution < -0.4 is 26.6 Å². The lowest BCUT2D eigenvalue weighted by Crippen LogP contribution is -2.60. The largest absolute Gasteiger partial charge is 0.380 e. The lowest BCUT2D eigenvalue weighted by molar-refractivity contribution is -0.143. The van der Waals surface area contributed by atoms with Crippen molar-refractivity contribution in [2.45, 2.75) is 101 Å². The molecule has 0 radical (unpaired) electrons. The van der Waals surface area contributed by atoms with Crippen molar-refractivity contribution in [1.82, 2.24) is 31.5 Å². The van der Waals surface area contributed by atoms with Crippen molar-refractivity contribution in [2.75, 3.05) is 46.0 Å². The number of amides is 5. The van der Waals surface area contributed by atoms with E-state index in [0.717, 1.165) is 30.7 Å². The molecule has 1 heterocycles. The summed E-state index contributed by atoms with van der Waals surface area (Å²) in [5.74, 6) is -3.81. The molecular formula is C50H65FN6O11S. The van der Waals surface area contributed by atoms with E-state index in [4.69, 9.17) is 15.3 Å². The summed E-state index contributed by atoms with van der Waals surface area (Å²) < 4.78 is 51.7. The fraction of sp³-hybridized carbons (Fsp3) is 0.480. The Bertz CT molecular complexity index is 2370. The summed E-state index contributed by atoms with van der Waals surface area (Å²) in [5, 5.41) is 24.9. The van der Waals surface area contributed by atoms with Crippen molar-refractivity contribution < 1.29 is 55.6 Å². The van der Waals surface area contributed by atoms with Crippen LogP contribution in [-0.4, -0.2) is 130 Å². The number of carbonyl (C=O) groups excluding carboxylic acids is 6. The van der Waals surface area contributed by atoms with Crippen LogP contribution in [0, 0.1) is 30.0 Å². The minimum absolute atomic E-state index is 0.0451. The number of nitrogens with one attached hydrogen (secondary N) is 5. The molecule has 0 aliphatic carbocycles. The Hall–Kier alpha value is -6.04. The molecule has 1 aliphatic rings. The van der Waals surface area contributed by atoms with Gasteiger partial charge in [-0.05, 0) is 73.8 Å². The maximum Gasteiger partial charge on any atom is 0.300 e. The molecule has 19 heteroatoms. The number of aryl methyl sites for hydroxylation is 1. The number of Topliss-reactive ketones (excluding diaryl/α,β-unsaturated/α-hetero) is 1. The second kappa shape index (κ2) is 26.6. The van der Waals surface area contributed by atoms with Gasteiger partial charge in [-0.1, -0.05) is 94.3 Å². The van der Waals surface area contributed by atoms with Crippen molar-refractivity contribution in [3.8, 4) is 12.3 Å². The average molecular weight is 977 g/mol. The normalized spacial score (nSPS) is 15.7. The van der Waals surface area contributed by atoms with Crippen LogP contribution >= 0.6 is 0 Å². The highest BCUT2D eigenvalue weighted by Crippen LogP contribution is 2.23. The number of halogens is 1. The Kier molecular flexibility index (Phi) is 21.5. The molecule has 3 aromatic rings. The first-order valence-electron chi connectivity index (χ1n) is 22.9. The first kappa shape index (κ1) is 55.6. The van der Waals surface area contributed by atoms with E-state index in [0.29, 0.717) is 38.3 Å². The van der Waals surface area contributed by atoms with Crippen LogP contribution in [0.15, 0.2) is 83.8 Å². The number of carbonyl (C=O) groups is 6. The van der Waals surface area contributed by atoms with Crippen molar-refractivity contribution in [3.63, 3.8) is 0 Å². The first-order valence-corrected chi connectivity index (χ1v) is 24.4. The number of ketones is 1. The minimum Gasteiger partial charge on any atom is -0.380 e. The van der Waals surface area contributed by atoms with Gasteiger partial charge in [0.25, 0.3) is 16.0 Å². The first-order chi connectivity index (χ1) is 32.7. The van der Waals surface area contributed by atoms with E-state index < -0.39 is 86.6 Å². The second-order valence-corrected chi connectivity index (χ2v) is 19.6. The van der Waals surface area contributed by atoms with Crippen molar-refractivity contribution in [1.29, 1.82) is 0 Å². The molecule has 1 fully saturated rings. The molecule has 0 spiro atoms. The van der Waals surface area contributed by atoms with Gasteiger partial charge in [0, 0.05) is 25.1 Å². The molecule has 5 amide bonds. The molecular weight excluding hydrogens is 912 g/mol. The molecule has 0 aromatic heterocycles. The van der Waals surface area contributed by atoms with Gasteiger partial charge in [0.15, 0.2) is 5.78 Å². The average Bonchev–Trinajstić information content (AvgIpc) is 3.31. The van der Waals surface area contributed by atoms with E-state index in [1.807, 2.05) is 49.1 Å². The SMILES string of the molecule is C#CCNC(=O)c1ccc(F)c(S(=O)(=O)OCC(C)(O)C(=O)[C@H](CC(C)C)NC(=O)[C@H](Cc2ccccc2)NC(=O)[C@H](CC(C)C)NC(=O)[C@H](CCc2ccccc2)NC(=O)CN2CCOCC2)c1. The number of terminal acetylenes is 1. The molecule has 1 saturated heterocycles. The highest BCUT2D eigenvalue weighted by molar-refractivity contribution is 7.86. The number of hydrogen-bond donors (Lipinski definition) is 6. The Morgan fingerprint density at radius 3 is 1.96 bits per heavy atom. The number of nitrogens with zero attached hydrogens (tertiary/aromatic N) is 1. The number of rotatable bonds is 26. The third-order valence-electron chi connectivity index (χ3n) is 11.1. The van der Waals surface area contributed by atoms with E-state index in [-0.39, 0.29) is 62.1 Å². The van der Waals surface area contributed by atoms with E-state index in [9.17, 15) is 46.7 Å². The number of ether oxygens (including phenoxy) is 1. The molecule has 0 bridgehead atoms. The maximum atomic E-state index is 14.8. The molecule has 374 valence electrons. The van der Waals surface area contributed by atoms with Gasteiger partial charge in [-0.25, -0.2) is 4.39 Å². The van der Waals surface area contributed by atoms with Crippen molar-refractivity contribution in [2.24, 2.45) is 11.8 Å².